The molecule has 0 aliphatic carbocycles. The number of benzene rings is 1. The van der Waals surface area contributed by atoms with Gasteiger partial charge in [0.05, 0.1) is 12.2 Å². The van der Waals surface area contributed by atoms with Crippen molar-refractivity contribution in [1.29, 1.82) is 0 Å². The lowest BCUT2D eigenvalue weighted by Crippen LogP contribution is -2.36. The number of carbonyl (C=O) groups excluding carboxylic acids is 1. The van der Waals surface area contributed by atoms with Crippen LogP contribution in [-0.4, -0.2) is 41.1 Å². The van der Waals surface area contributed by atoms with E-state index >= 15 is 0 Å². The lowest BCUT2D eigenvalue weighted by molar-refractivity contribution is -0.148. The van der Waals surface area contributed by atoms with E-state index in [0.29, 0.717) is 13.2 Å². The monoisotopic (exact) mass is 277 g/mol. The number of aromatic carboxylic acids is 1. The van der Waals surface area contributed by atoms with E-state index in [2.05, 4.69) is 4.90 Å². The zero-order chi connectivity index (χ0) is 14.5. The second kappa shape index (κ2) is 6.52. The molecule has 1 aromatic carbocycles. The molecule has 1 fully saturated rings. The molecule has 1 heterocycles. The fourth-order valence-electron chi connectivity index (χ4n) is 2.56. The van der Waals surface area contributed by atoms with E-state index in [1.54, 1.807) is 25.1 Å². The summed E-state index contributed by atoms with van der Waals surface area (Å²) in [6, 6.07) is 6.63. The van der Waals surface area contributed by atoms with Crippen LogP contribution in [0.5, 0.6) is 0 Å². The van der Waals surface area contributed by atoms with E-state index in [0.717, 1.165) is 24.9 Å². The lowest BCUT2D eigenvalue weighted by Gasteiger charge is -2.22. The average molecular weight is 277 g/mol. The summed E-state index contributed by atoms with van der Waals surface area (Å²) < 4.78 is 5.08. The van der Waals surface area contributed by atoms with Crippen LogP contribution in [0, 0.1) is 0 Å². The topological polar surface area (TPSA) is 66.8 Å². The van der Waals surface area contributed by atoms with Crippen molar-refractivity contribution in [2.24, 2.45) is 0 Å². The molecule has 0 saturated carbocycles. The van der Waals surface area contributed by atoms with Gasteiger partial charge >= 0.3 is 11.9 Å². The largest absolute Gasteiger partial charge is 0.478 e. The summed E-state index contributed by atoms with van der Waals surface area (Å²) in [6.07, 6.45) is 1.76. The third-order valence-electron chi connectivity index (χ3n) is 3.48. The van der Waals surface area contributed by atoms with Gasteiger partial charge in [-0.1, -0.05) is 12.1 Å². The minimum Gasteiger partial charge on any atom is -0.478 e. The van der Waals surface area contributed by atoms with Gasteiger partial charge in [-0.05, 0) is 44.0 Å². The third kappa shape index (κ3) is 3.36. The maximum Gasteiger partial charge on any atom is 0.335 e. The number of carboxylic acids is 1. The van der Waals surface area contributed by atoms with Crippen LogP contribution < -0.4 is 0 Å². The Kier molecular flexibility index (Phi) is 4.74. The van der Waals surface area contributed by atoms with Crippen LogP contribution in [0.1, 0.15) is 35.7 Å². The molecule has 1 aromatic rings. The Morgan fingerprint density at radius 2 is 2.25 bits per heavy atom. The maximum atomic E-state index is 11.9. The summed E-state index contributed by atoms with van der Waals surface area (Å²) in [5.41, 5.74) is 1.18. The molecule has 0 aromatic heterocycles. The molecule has 0 bridgehead atoms. The highest BCUT2D eigenvalue weighted by molar-refractivity contribution is 5.87. The van der Waals surface area contributed by atoms with Crippen molar-refractivity contribution in [2.75, 3.05) is 13.2 Å². The van der Waals surface area contributed by atoms with Gasteiger partial charge in [0, 0.05) is 6.54 Å². The minimum absolute atomic E-state index is 0.181. The van der Waals surface area contributed by atoms with E-state index in [4.69, 9.17) is 9.84 Å². The van der Waals surface area contributed by atoms with Gasteiger partial charge in [-0.2, -0.15) is 0 Å². The number of hydrogen-bond acceptors (Lipinski definition) is 4. The normalized spacial score (nSPS) is 18.9. The van der Waals surface area contributed by atoms with Crippen molar-refractivity contribution in [2.45, 2.75) is 32.4 Å². The molecule has 1 atom stereocenters. The summed E-state index contributed by atoms with van der Waals surface area (Å²) in [5, 5.41) is 8.99. The number of carboxylic acid groups (broad SMARTS) is 1. The highest BCUT2D eigenvalue weighted by Gasteiger charge is 2.31. The Balaban J connectivity index is 2.06. The highest BCUT2D eigenvalue weighted by Crippen LogP contribution is 2.21. The first-order valence-corrected chi connectivity index (χ1v) is 6.84. The second-order valence-corrected chi connectivity index (χ2v) is 4.89. The van der Waals surface area contributed by atoms with Crippen LogP contribution >= 0.6 is 0 Å². The first-order chi connectivity index (χ1) is 9.61. The summed E-state index contributed by atoms with van der Waals surface area (Å²) in [6.45, 7) is 3.59. The fraction of sp³-hybridized carbons (Fsp3) is 0.467. The molecule has 108 valence electrons. The van der Waals surface area contributed by atoms with E-state index in [1.165, 1.54) is 0 Å². The number of likely N-dealkylation sites (tertiary alicyclic amines) is 1. The maximum absolute atomic E-state index is 11.9. The van der Waals surface area contributed by atoms with Gasteiger partial charge in [-0.25, -0.2) is 4.79 Å². The molecule has 1 aliphatic rings. The van der Waals surface area contributed by atoms with E-state index in [-0.39, 0.29) is 17.6 Å². The van der Waals surface area contributed by atoms with Crippen molar-refractivity contribution in [3.8, 4) is 0 Å². The van der Waals surface area contributed by atoms with Gasteiger partial charge in [-0.3, -0.25) is 9.69 Å². The molecule has 1 N–H and O–H groups in total. The van der Waals surface area contributed by atoms with Crippen molar-refractivity contribution >= 4 is 11.9 Å². The van der Waals surface area contributed by atoms with Crippen LogP contribution in [0.25, 0.3) is 0 Å². The van der Waals surface area contributed by atoms with Gasteiger partial charge in [0.15, 0.2) is 0 Å². The van der Waals surface area contributed by atoms with Gasteiger partial charge in [-0.15, -0.1) is 0 Å². The smallest absolute Gasteiger partial charge is 0.335 e. The molecule has 0 spiro atoms. The van der Waals surface area contributed by atoms with Crippen LogP contribution in [-0.2, 0) is 16.1 Å². The predicted octanol–water partition coefficient (Wildman–Crippen LogP) is 1.91. The second-order valence-electron chi connectivity index (χ2n) is 4.89. The average Bonchev–Trinajstić information content (AvgIpc) is 2.87. The summed E-state index contributed by atoms with van der Waals surface area (Å²) in [4.78, 5) is 24.9. The Morgan fingerprint density at radius 3 is 2.95 bits per heavy atom. The standard InChI is InChI=1S/C15H19NO4/c1-2-20-15(19)13-7-4-8-16(13)10-11-5-3-6-12(9-11)14(17)18/h3,5-6,9,13H,2,4,7-8,10H2,1H3,(H,17,18)/t13-/m1/s1. The Hall–Kier alpha value is -1.88. The number of nitrogens with zero attached hydrogens (tertiary/aromatic N) is 1. The Labute approximate surface area is 118 Å². The molecular weight excluding hydrogens is 258 g/mol. The number of carbonyl (C=O) groups is 2. The molecule has 1 aliphatic heterocycles. The summed E-state index contributed by atoms with van der Waals surface area (Å²) in [5.74, 6) is -1.12. The Bertz CT molecular complexity index is 500. The molecule has 5 nitrogen and oxygen atoms in total. The molecule has 0 amide bonds. The van der Waals surface area contributed by atoms with Crippen molar-refractivity contribution < 1.29 is 19.4 Å². The third-order valence-corrected chi connectivity index (χ3v) is 3.48. The van der Waals surface area contributed by atoms with Crippen LogP contribution in [0.3, 0.4) is 0 Å². The van der Waals surface area contributed by atoms with Crippen molar-refractivity contribution in [3.63, 3.8) is 0 Å². The number of hydrogen-bond donors (Lipinski definition) is 1. The fourth-order valence-corrected chi connectivity index (χ4v) is 2.56. The molecule has 2 rings (SSSR count). The SMILES string of the molecule is CCOC(=O)[C@H]1CCCN1Cc1cccc(C(=O)O)c1. The zero-order valence-corrected chi connectivity index (χ0v) is 11.5. The van der Waals surface area contributed by atoms with E-state index in [9.17, 15) is 9.59 Å². The quantitative estimate of drug-likeness (QED) is 0.833. The molecule has 0 unspecified atom stereocenters. The minimum atomic E-state index is -0.935. The van der Waals surface area contributed by atoms with Crippen molar-refractivity contribution in [3.05, 3.63) is 35.4 Å². The van der Waals surface area contributed by atoms with Crippen LogP contribution in [0.4, 0.5) is 0 Å². The first-order valence-electron chi connectivity index (χ1n) is 6.84. The van der Waals surface area contributed by atoms with Crippen molar-refractivity contribution in [1.82, 2.24) is 4.90 Å². The van der Waals surface area contributed by atoms with Crippen LogP contribution in [0.2, 0.25) is 0 Å². The zero-order valence-electron chi connectivity index (χ0n) is 11.5. The molecular formula is C15H19NO4. The molecule has 1 saturated heterocycles. The summed E-state index contributed by atoms with van der Waals surface area (Å²) in [7, 11) is 0. The van der Waals surface area contributed by atoms with Gasteiger partial charge in [0.2, 0.25) is 0 Å². The van der Waals surface area contributed by atoms with E-state index < -0.39 is 5.97 Å². The summed E-state index contributed by atoms with van der Waals surface area (Å²) >= 11 is 0. The van der Waals surface area contributed by atoms with Crippen LogP contribution in [0.15, 0.2) is 24.3 Å². The lowest BCUT2D eigenvalue weighted by atomic mass is 10.1. The Morgan fingerprint density at radius 1 is 1.45 bits per heavy atom. The van der Waals surface area contributed by atoms with Gasteiger partial charge in [0.1, 0.15) is 6.04 Å². The highest BCUT2D eigenvalue weighted by atomic mass is 16.5. The number of ether oxygens (including phenoxy) is 1. The first kappa shape index (κ1) is 14.5. The number of esters is 1. The molecule has 5 heteroatoms. The van der Waals surface area contributed by atoms with Gasteiger partial charge < -0.3 is 9.84 Å². The molecule has 0 radical (unpaired) electrons. The number of rotatable bonds is 5. The predicted molar refractivity (Wildman–Crippen MR) is 73.5 cm³/mol. The van der Waals surface area contributed by atoms with Gasteiger partial charge in [0.25, 0.3) is 0 Å². The van der Waals surface area contributed by atoms with E-state index in [1.807, 2.05) is 6.07 Å². The molecule has 20 heavy (non-hydrogen) atoms.